The molecule has 1 aromatic heterocycles. The minimum absolute atomic E-state index is 0.000807. The molecule has 2 atom stereocenters. The monoisotopic (exact) mass is 313 g/mol. The zero-order valence-corrected chi connectivity index (χ0v) is 12.4. The van der Waals surface area contributed by atoms with Crippen molar-refractivity contribution in [3.63, 3.8) is 0 Å². The lowest BCUT2D eigenvalue weighted by atomic mass is 10.2. The number of halogens is 1. The summed E-state index contributed by atoms with van der Waals surface area (Å²) >= 11 is 5.96. The van der Waals surface area contributed by atoms with E-state index in [0.717, 1.165) is 4.90 Å². The van der Waals surface area contributed by atoms with Gasteiger partial charge in [0.2, 0.25) is 0 Å². The number of hydrogen-bond donors (Lipinski definition) is 2. The number of amides is 1. The smallest absolute Gasteiger partial charge is 0.326 e. The van der Waals surface area contributed by atoms with E-state index in [4.69, 9.17) is 16.7 Å². The van der Waals surface area contributed by atoms with Crippen molar-refractivity contribution < 1.29 is 19.8 Å². The number of rotatable bonds is 3. The molecular weight excluding hydrogens is 298 g/mol. The highest BCUT2D eigenvalue weighted by Gasteiger charge is 2.40. The second-order valence-corrected chi connectivity index (χ2v) is 5.69. The predicted molar refractivity (Wildman–Crippen MR) is 74.2 cm³/mol. The van der Waals surface area contributed by atoms with Crippen LogP contribution in [0.4, 0.5) is 0 Å². The van der Waals surface area contributed by atoms with Gasteiger partial charge in [-0.1, -0.05) is 25.4 Å². The van der Waals surface area contributed by atoms with Crippen molar-refractivity contribution in [3.8, 4) is 0 Å². The third-order valence-electron chi connectivity index (χ3n) is 3.31. The summed E-state index contributed by atoms with van der Waals surface area (Å²) in [6.07, 6.45) is 0.473. The number of likely N-dealkylation sites (tertiary alicyclic amines) is 1. The van der Waals surface area contributed by atoms with E-state index in [0.29, 0.717) is 5.82 Å². The maximum atomic E-state index is 12.5. The van der Waals surface area contributed by atoms with Crippen molar-refractivity contribution in [1.29, 1.82) is 0 Å². The molecule has 0 bridgehead atoms. The highest BCUT2D eigenvalue weighted by molar-refractivity contribution is 6.33. The molecule has 1 aromatic rings. The number of carboxylic acids is 1. The molecule has 8 heteroatoms. The van der Waals surface area contributed by atoms with Gasteiger partial charge in [0, 0.05) is 18.9 Å². The van der Waals surface area contributed by atoms with Gasteiger partial charge >= 0.3 is 5.97 Å². The number of aliphatic hydroxyl groups excluding tert-OH is 1. The second kappa shape index (κ2) is 5.95. The number of aromatic nitrogens is 2. The Morgan fingerprint density at radius 1 is 1.48 bits per heavy atom. The molecule has 0 unspecified atom stereocenters. The largest absolute Gasteiger partial charge is 0.480 e. The molecule has 1 aliphatic heterocycles. The molecule has 0 saturated carbocycles. The molecule has 1 saturated heterocycles. The van der Waals surface area contributed by atoms with Crippen molar-refractivity contribution in [2.45, 2.75) is 38.3 Å². The second-order valence-electron chi connectivity index (χ2n) is 5.28. The zero-order chi connectivity index (χ0) is 15.7. The molecule has 2 rings (SSSR count). The fourth-order valence-corrected chi connectivity index (χ4v) is 2.39. The SMILES string of the molecule is CC(C)c1ncc(Cl)c(C(=O)N2C[C@H](O)C[C@H]2C(=O)O)n1. The number of hydrogen-bond acceptors (Lipinski definition) is 5. The number of carboxylic acid groups (broad SMARTS) is 1. The average molecular weight is 314 g/mol. The Labute approximate surface area is 126 Å². The summed E-state index contributed by atoms with van der Waals surface area (Å²) in [4.78, 5) is 32.9. The number of β-amino-alcohol motifs (C(OH)–C–C–N with tert-alkyl or cyclic N) is 1. The number of carbonyl (C=O) groups is 2. The van der Waals surface area contributed by atoms with Crippen LogP contribution in [-0.2, 0) is 4.79 Å². The van der Waals surface area contributed by atoms with E-state index in [1.165, 1.54) is 6.20 Å². The summed E-state index contributed by atoms with van der Waals surface area (Å²) < 4.78 is 0. The van der Waals surface area contributed by atoms with Gasteiger partial charge in [0.25, 0.3) is 5.91 Å². The van der Waals surface area contributed by atoms with E-state index in [9.17, 15) is 14.7 Å². The molecule has 114 valence electrons. The lowest BCUT2D eigenvalue weighted by molar-refractivity contribution is -0.141. The van der Waals surface area contributed by atoms with Crippen LogP contribution >= 0.6 is 11.6 Å². The quantitative estimate of drug-likeness (QED) is 0.859. The number of nitrogens with zero attached hydrogens (tertiary/aromatic N) is 3. The lowest BCUT2D eigenvalue weighted by Gasteiger charge is -2.21. The van der Waals surface area contributed by atoms with E-state index in [2.05, 4.69) is 9.97 Å². The van der Waals surface area contributed by atoms with E-state index in [1.54, 1.807) is 0 Å². The molecule has 21 heavy (non-hydrogen) atoms. The van der Waals surface area contributed by atoms with Crippen molar-refractivity contribution in [2.24, 2.45) is 0 Å². The van der Waals surface area contributed by atoms with Crippen LogP contribution in [0.1, 0.15) is 42.5 Å². The molecule has 7 nitrogen and oxygen atoms in total. The van der Waals surface area contributed by atoms with Gasteiger partial charge in [-0.3, -0.25) is 4.79 Å². The number of carbonyl (C=O) groups excluding carboxylic acids is 1. The van der Waals surface area contributed by atoms with Gasteiger partial charge in [-0.2, -0.15) is 0 Å². The van der Waals surface area contributed by atoms with E-state index in [-0.39, 0.29) is 29.6 Å². The topological polar surface area (TPSA) is 104 Å². The first kappa shape index (κ1) is 15.7. The molecule has 2 heterocycles. The minimum Gasteiger partial charge on any atom is -0.480 e. The summed E-state index contributed by atoms with van der Waals surface area (Å²) in [6, 6.07) is -1.07. The molecule has 1 amide bonds. The van der Waals surface area contributed by atoms with Crippen LogP contribution in [-0.4, -0.2) is 55.6 Å². The van der Waals surface area contributed by atoms with Gasteiger partial charge in [0.15, 0.2) is 5.69 Å². The molecule has 0 aliphatic carbocycles. The van der Waals surface area contributed by atoms with Crippen LogP contribution < -0.4 is 0 Å². The summed E-state index contributed by atoms with van der Waals surface area (Å²) in [6.45, 7) is 3.70. The first-order valence-electron chi connectivity index (χ1n) is 6.55. The number of aliphatic hydroxyl groups is 1. The van der Waals surface area contributed by atoms with Gasteiger partial charge in [0.1, 0.15) is 11.9 Å². The third kappa shape index (κ3) is 3.14. The summed E-state index contributed by atoms with van der Waals surface area (Å²) in [5.41, 5.74) is -0.0317. The van der Waals surface area contributed by atoms with Crippen LogP contribution in [0.3, 0.4) is 0 Å². The van der Waals surface area contributed by atoms with E-state index >= 15 is 0 Å². The lowest BCUT2D eigenvalue weighted by Crippen LogP contribution is -2.41. The third-order valence-corrected chi connectivity index (χ3v) is 3.58. The zero-order valence-electron chi connectivity index (χ0n) is 11.7. The number of aliphatic carboxylic acids is 1. The van der Waals surface area contributed by atoms with Crippen molar-refractivity contribution >= 4 is 23.5 Å². The van der Waals surface area contributed by atoms with Crippen LogP contribution in [0.2, 0.25) is 5.02 Å². The van der Waals surface area contributed by atoms with E-state index < -0.39 is 24.0 Å². The highest BCUT2D eigenvalue weighted by atomic mass is 35.5. The summed E-state index contributed by atoms with van der Waals surface area (Å²) in [5, 5.41) is 18.8. The molecule has 1 aliphatic rings. The predicted octanol–water partition coefficient (Wildman–Crippen LogP) is 0.913. The van der Waals surface area contributed by atoms with E-state index in [1.807, 2.05) is 13.8 Å². The van der Waals surface area contributed by atoms with Gasteiger partial charge < -0.3 is 15.1 Å². The Balaban J connectivity index is 2.35. The van der Waals surface area contributed by atoms with Crippen molar-refractivity contribution in [1.82, 2.24) is 14.9 Å². The van der Waals surface area contributed by atoms with Crippen LogP contribution in [0.15, 0.2) is 6.20 Å². The summed E-state index contributed by atoms with van der Waals surface area (Å²) in [7, 11) is 0. The van der Waals surface area contributed by atoms with Crippen molar-refractivity contribution in [3.05, 3.63) is 22.7 Å². The molecule has 1 fully saturated rings. The minimum atomic E-state index is -1.16. The standard InChI is InChI=1S/C13H16ClN3O4/c1-6(2)11-15-4-8(14)10(16-11)12(19)17-5-7(18)3-9(17)13(20)21/h4,6-7,9,18H,3,5H2,1-2H3,(H,20,21)/t7-,9+/m1/s1. The van der Waals surface area contributed by atoms with Gasteiger partial charge in [0.05, 0.1) is 17.3 Å². The highest BCUT2D eigenvalue weighted by Crippen LogP contribution is 2.24. The van der Waals surface area contributed by atoms with Gasteiger partial charge in [-0.15, -0.1) is 0 Å². The molecule has 0 aromatic carbocycles. The fraction of sp³-hybridized carbons (Fsp3) is 0.538. The Morgan fingerprint density at radius 3 is 2.71 bits per heavy atom. The first-order chi connectivity index (χ1) is 9.81. The maximum Gasteiger partial charge on any atom is 0.326 e. The van der Waals surface area contributed by atoms with Gasteiger partial charge in [-0.05, 0) is 0 Å². The Kier molecular flexibility index (Phi) is 4.43. The Bertz CT molecular complexity index is 579. The maximum absolute atomic E-state index is 12.5. The molecule has 0 radical (unpaired) electrons. The summed E-state index contributed by atoms with van der Waals surface area (Å²) in [5.74, 6) is -1.30. The normalized spacial score (nSPS) is 21.9. The van der Waals surface area contributed by atoms with Crippen molar-refractivity contribution in [2.75, 3.05) is 6.54 Å². The van der Waals surface area contributed by atoms with Crippen LogP contribution in [0.5, 0.6) is 0 Å². The van der Waals surface area contributed by atoms with Gasteiger partial charge in [-0.25, -0.2) is 14.8 Å². The molecule has 2 N–H and O–H groups in total. The molecule has 0 spiro atoms. The Morgan fingerprint density at radius 2 is 2.14 bits per heavy atom. The van der Waals surface area contributed by atoms with Crippen LogP contribution in [0, 0.1) is 0 Å². The van der Waals surface area contributed by atoms with Crippen LogP contribution in [0.25, 0.3) is 0 Å². The first-order valence-corrected chi connectivity index (χ1v) is 6.93. The fourth-order valence-electron chi connectivity index (χ4n) is 2.22. The average Bonchev–Trinajstić information content (AvgIpc) is 2.80. The molecular formula is C13H16ClN3O4. The Hall–Kier alpha value is -1.73.